The monoisotopic (exact) mass is 559 g/mol. The first-order valence-electron chi connectivity index (χ1n) is 11.7. The van der Waals surface area contributed by atoms with Gasteiger partial charge in [0, 0.05) is 23.4 Å². The van der Waals surface area contributed by atoms with Gasteiger partial charge in [0.2, 0.25) is 0 Å². The quantitative estimate of drug-likeness (QED) is 0.0975. The second kappa shape index (κ2) is 9.00. The van der Waals surface area contributed by atoms with Crippen molar-refractivity contribution < 1.29 is 19.6 Å². The van der Waals surface area contributed by atoms with Crippen LogP contribution < -0.4 is 4.90 Å². The van der Waals surface area contributed by atoms with Crippen molar-refractivity contribution in [3.05, 3.63) is 104 Å². The van der Waals surface area contributed by atoms with Crippen LogP contribution in [0.5, 0.6) is 0 Å². The Bertz CT molecular complexity index is 1890. The number of aliphatic hydroxyl groups excluding tert-OH is 1. The van der Waals surface area contributed by atoms with Crippen molar-refractivity contribution >= 4 is 67.1 Å². The standard InChI is InChI=1S/C27H18ClN5O5S/c1-13-4-3-11-31-14(2)21(30-25(13)31)23(34)20-22(15-5-8-17(9-6-15)33(37)38)32(26(36)24(20)35)27-29-18-10-7-16(28)12-19(18)39-27/h3-12,22,34H,1-2H3/b23-20+. The molecule has 0 radical (unpaired) electrons. The molecule has 10 nitrogen and oxygen atoms in total. The number of nitro benzene ring substituents is 1. The van der Waals surface area contributed by atoms with Crippen molar-refractivity contribution in [3.8, 4) is 0 Å². The maximum Gasteiger partial charge on any atom is 0.301 e. The Hall–Kier alpha value is -4.61. The van der Waals surface area contributed by atoms with E-state index in [4.69, 9.17) is 11.6 Å². The predicted octanol–water partition coefficient (Wildman–Crippen LogP) is 5.75. The van der Waals surface area contributed by atoms with Gasteiger partial charge in [-0.15, -0.1) is 0 Å². The highest BCUT2D eigenvalue weighted by atomic mass is 35.5. The number of anilines is 1. The molecule has 0 aliphatic carbocycles. The molecule has 4 heterocycles. The van der Waals surface area contributed by atoms with Gasteiger partial charge in [-0.3, -0.25) is 24.6 Å². The first kappa shape index (κ1) is 24.7. The topological polar surface area (TPSA) is 131 Å². The van der Waals surface area contributed by atoms with Crippen LogP contribution in [0.4, 0.5) is 10.8 Å². The van der Waals surface area contributed by atoms with Gasteiger partial charge >= 0.3 is 5.91 Å². The van der Waals surface area contributed by atoms with E-state index in [1.807, 2.05) is 19.1 Å². The fraction of sp³-hybridized carbons (Fsp3) is 0.111. The number of aliphatic hydroxyl groups is 1. The van der Waals surface area contributed by atoms with Crippen LogP contribution in [-0.4, -0.2) is 36.1 Å². The van der Waals surface area contributed by atoms with Crippen molar-refractivity contribution in [1.82, 2.24) is 14.4 Å². The molecule has 39 heavy (non-hydrogen) atoms. The number of hydrogen-bond acceptors (Lipinski definition) is 8. The summed E-state index contributed by atoms with van der Waals surface area (Å²) in [6.45, 7) is 3.63. The van der Waals surface area contributed by atoms with Crippen molar-refractivity contribution in [2.75, 3.05) is 4.90 Å². The molecule has 1 aliphatic heterocycles. The Morgan fingerprint density at radius 2 is 1.85 bits per heavy atom. The summed E-state index contributed by atoms with van der Waals surface area (Å²) in [5.74, 6) is -2.24. The van der Waals surface area contributed by atoms with Crippen LogP contribution in [-0.2, 0) is 9.59 Å². The van der Waals surface area contributed by atoms with Gasteiger partial charge < -0.3 is 9.51 Å². The minimum Gasteiger partial charge on any atom is -0.505 e. The van der Waals surface area contributed by atoms with E-state index in [-0.39, 0.29) is 22.1 Å². The van der Waals surface area contributed by atoms with E-state index in [2.05, 4.69) is 9.97 Å². The average molecular weight is 560 g/mol. The largest absolute Gasteiger partial charge is 0.505 e. The van der Waals surface area contributed by atoms with E-state index < -0.39 is 28.4 Å². The molecular weight excluding hydrogens is 542 g/mol. The number of nitro groups is 1. The number of rotatable bonds is 4. The lowest BCUT2D eigenvalue weighted by molar-refractivity contribution is -0.384. The van der Waals surface area contributed by atoms with Gasteiger partial charge in [-0.05, 0) is 61.4 Å². The molecule has 1 fully saturated rings. The SMILES string of the molecule is Cc1cccn2c(C)c(/C(O)=C3\C(=O)C(=O)N(c4nc5ccc(Cl)cc5s4)C3c3ccc([N+](=O)[O-])cc3)nc12. The lowest BCUT2D eigenvalue weighted by Gasteiger charge is -2.22. The number of benzene rings is 2. The van der Waals surface area contributed by atoms with Crippen LogP contribution in [0.15, 0.2) is 66.4 Å². The third-order valence-corrected chi connectivity index (χ3v) is 7.97. The van der Waals surface area contributed by atoms with Crippen molar-refractivity contribution in [2.24, 2.45) is 0 Å². The minimum atomic E-state index is -1.10. The zero-order chi connectivity index (χ0) is 27.6. The van der Waals surface area contributed by atoms with Gasteiger partial charge in [-0.2, -0.15) is 0 Å². The van der Waals surface area contributed by atoms with E-state index in [0.717, 1.165) is 16.9 Å². The molecule has 1 amide bonds. The number of pyridine rings is 1. The highest BCUT2D eigenvalue weighted by Gasteiger charge is 2.48. The molecule has 2 aromatic carbocycles. The lowest BCUT2D eigenvalue weighted by atomic mass is 9.96. The zero-order valence-corrected chi connectivity index (χ0v) is 22.0. The normalized spacial score (nSPS) is 17.0. The second-order valence-electron chi connectivity index (χ2n) is 9.06. The van der Waals surface area contributed by atoms with Crippen LogP contribution >= 0.6 is 22.9 Å². The number of halogens is 1. The minimum absolute atomic E-state index is 0.156. The summed E-state index contributed by atoms with van der Waals surface area (Å²) in [7, 11) is 0. The summed E-state index contributed by atoms with van der Waals surface area (Å²) in [4.78, 5) is 48.1. The molecule has 1 aliphatic rings. The van der Waals surface area contributed by atoms with E-state index in [9.17, 15) is 24.8 Å². The number of fused-ring (bicyclic) bond motifs is 2. The number of aromatic nitrogens is 3. The van der Waals surface area contributed by atoms with Gasteiger partial charge in [0.05, 0.1) is 32.4 Å². The number of nitrogens with zero attached hydrogens (tertiary/aromatic N) is 5. The van der Waals surface area contributed by atoms with E-state index in [1.54, 1.807) is 35.7 Å². The number of non-ortho nitro benzene ring substituents is 1. The van der Waals surface area contributed by atoms with Gasteiger partial charge in [-0.25, -0.2) is 9.97 Å². The molecule has 6 rings (SSSR count). The Labute approximate surface area is 229 Å². The first-order valence-corrected chi connectivity index (χ1v) is 12.9. The number of carbonyl (C=O) groups is 2. The maximum atomic E-state index is 13.5. The fourth-order valence-electron chi connectivity index (χ4n) is 4.79. The third-order valence-electron chi connectivity index (χ3n) is 6.72. The van der Waals surface area contributed by atoms with E-state index >= 15 is 0 Å². The van der Waals surface area contributed by atoms with E-state index in [1.165, 1.54) is 29.2 Å². The van der Waals surface area contributed by atoms with Gasteiger partial charge in [-0.1, -0.05) is 29.0 Å². The van der Waals surface area contributed by atoms with Crippen molar-refractivity contribution in [1.29, 1.82) is 0 Å². The van der Waals surface area contributed by atoms with Gasteiger partial charge in [0.15, 0.2) is 10.9 Å². The highest BCUT2D eigenvalue weighted by molar-refractivity contribution is 7.22. The first-order chi connectivity index (χ1) is 18.7. The Morgan fingerprint density at radius 1 is 1.10 bits per heavy atom. The molecule has 0 spiro atoms. The Balaban J connectivity index is 1.59. The molecule has 3 aromatic heterocycles. The molecule has 1 unspecified atom stereocenters. The van der Waals surface area contributed by atoms with Gasteiger partial charge in [0.25, 0.3) is 11.5 Å². The smallest absolute Gasteiger partial charge is 0.301 e. The molecule has 0 saturated carbocycles. The molecule has 12 heteroatoms. The number of Topliss-reactive ketones (excluding diaryl/α,β-unsaturated/α-hetero) is 1. The Kier molecular flexibility index (Phi) is 5.70. The van der Waals surface area contributed by atoms with Crippen molar-refractivity contribution in [2.45, 2.75) is 19.9 Å². The lowest BCUT2D eigenvalue weighted by Crippen LogP contribution is -2.29. The second-order valence-corrected chi connectivity index (χ2v) is 10.5. The van der Waals surface area contributed by atoms with Crippen LogP contribution in [0.1, 0.15) is 28.6 Å². The fourth-order valence-corrected chi connectivity index (χ4v) is 6.06. The van der Waals surface area contributed by atoms with Crippen LogP contribution in [0, 0.1) is 24.0 Å². The number of hydrogen-bond donors (Lipinski definition) is 1. The average Bonchev–Trinajstić information content (AvgIpc) is 3.56. The molecule has 0 bridgehead atoms. The molecular formula is C27H18ClN5O5S. The molecule has 1 atom stereocenters. The Morgan fingerprint density at radius 3 is 2.54 bits per heavy atom. The number of thiazole rings is 1. The molecule has 1 saturated heterocycles. The molecule has 194 valence electrons. The van der Waals surface area contributed by atoms with Gasteiger partial charge in [0.1, 0.15) is 11.3 Å². The number of imidazole rings is 1. The van der Waals surface area contributed by atoms with E-state index in [0.29, 0.717) is 32.1 Å². The highest BCUT2D eigenvalue weighted by Crippen LogP contribution is 2.45. The summed E-state index contributed by atoms with van der Waals surface area (Å²) >= 11 is 7.30. The predicted molar refractivity (Wildman–Crippen MR) is 147 cm³/mol. The summed E-state index contributed by atoms with van der Waals surface area (Å²) in [6, 6.07) is 13.2. The summed E-state index contributed by atoms with van der Waals surface area (Å²) in [5.41, 5.74) is 2.82. The number of amides is 1. The maximum absolute atomic E-state index is 13.5. The van der Waals surface area contributed by atoms with Crippen molar-refractivity contribution in [3.63, 3.8) is 0 Å². The van der Waals surface area contributed by atoms with Crippen LogP contribution in [0.3, 0.4) is 0 Å². The summed E-state index contributed by atoms with van der Waals surface area (Å²) in [5, 5.41) is 23.5. The summed E-state index contributed by atoms with van der Waals surface area (Å²) < 4.78 is 2.49. The zero-order valence-electron chi connectivity index (χ0n) is 20.5. The third kappa shape index (κ3) is 3.85. The number of aryl methyl sites for hydroxylation is 2. The van der Waals surface area contributed by atoms with Crippen LogP contribution in [0.25, 0.3) is 21.6 Å². The number of carbonyl (C=O) groups excluding carboxylic acids is 2. The molecule has 1 N–H and O–H groups in total. The summed E-state index contributed by atoms with van der Waals surface area (Å²) in [6.07, 6.45) is 1.79. The van der Waals surface area contributed by atoms with Crippen LogP contribution in [0.2, 0.25) is 5.02 Å². The molecule has 5 aromatic rings. The number of ketones is 1.